The van der Waals surface area contributed by atoms with Gasteiger partial charge >= 0.3 is 5.97 Å². The number of aliphatic hydroxyl groups excluding tert-OH is 3. The molecule has 0 aromatic rings. The first-order valence-corrected chi connectivity index (χ1v) is 10.4. The van der Waals surface area contributed by atoms with Crippen LogP contribution in [0.3, 0.4) is 0 Å². The Bertz CT molecular complexity index is 326. The quantitative estimate of drug-likeness (QED) is 0.182. The third-order valence-electron chi connectivity index (χ3n) is 4.40. The summed E-state index contributed by atoms with van der Waals surface area (Å²) >= 11 is 0. The first kappa shape index (κ1) is 25.1. The fraction of sp³-hybridized carbons (Fsp3) is 0.857. The highest BCUT2D eigenvalue weighted by atomic mass is 16.6. The molecular formula is C21H40O5. The van der Waals surface area contributed by atoms with Gasteiger partial charge in [0, 0.05) is 13.0 Å². The van der Waals surface area contributed by atoms with E-state index in [0.717, 1.165) is 38.5 Å². The van der Waals surface area contributed by atoms with E-state index in [9.17, 15) is 4.79 Å². The van der Waals surface area contributed by atoms with E-state index in [2.05, 4.69) is 12.2 Å². The van der Waals surface area contributed by atoms with Gasteiger partial charge in [-0.3, -0.25) is 4.79 Å². The Hall–Kier alpha value is -0.910. The summed E-state index contributed by atoms with van der Waals surface area (Å²) in [6, 6.07) is 0. The van der Waals surface area contributed by atoms with E-state index in [1.54, 1.807) is 0 Å². The molecular weight excluding hydrogens is 332 g/mol. The van der Waals surface area contributed by atoms with Gasteiger partial charge in [0.1, 0.15) is 6.10 Å². The van der Waals surface area contributed by atoms with E-state index >= 15 is 0 Å². The molecule has 154 valence electrons. The minimum Gasteiger partial charge on any atom is -0.457 e. The topological polar surface area (TPSA) is 87.0 Å². The summed E-state index contributed by atoms with van der Waals surface area (Å²) in [5, 5.41) is 26.4. The molecule has 0 rings (SSSR count). The van der Waals surface area contributed by atoms with Gasteiger partial charge in [0.05, 0.1) is 13.2 Å². The van der Waals surface area contributed by atoms with Crippen molar-refractivity contribution in [1.82, 2.24) is 0 Å². The first-order chi connectivity index (χ1) is 12.7. The van der Waals surface area contributed by atoms with Crippen LogP contribution in [0.5, 0.6) is 0 Å². The van der Waals surface area contributed by atoms with Crippen LogP contribution in [-0.4, -0.2) is 47.2 Å². The lowest BCUT2D eigenvalue weighted by molar-refractivity contribution is -0.153. The summed E-state index contributed by atoms with van der Waals surface area (Å²) in [6.45, 7) is -0.342. The van der Waals surface area contributed by atoms with Crippen LogP contribution in [0.4, 0.5) is 0 Å². The van der Waals surface area contributed by atoms with Crippen molar-refractivity contribution in [3.05, 3.63) is 12.2 Å². The summed E-state index contributed by atoms with van der Waals surface area (Å²) in [5.74, 6) is -0.338. The van der Waals surface area contributed by atoms with E-state index < -0.39 is 6.10 Å². The van der Waals surface area contributed by atoms with Crippen LogP contribution in [0, 0.1) is 0 Å². The zero-order valence-corrected chi connectivity index (χ0v) is 16.4. The molecule has 0 unspecified atom stereocenters. The largest absolute Gasteiger partial charge is 0.457 e. The van der Waals surface area contributed by atoms with E-state index in [0.29, 0.717) is 13.0 Å². The van der Waals surface area contributed by atoms with Crippen LogP contribution >= 0.6 is 0 Å². The molecule has 0 saturated heterocycles. The van der Waals surface area contributed by atoms with E-state index in [1.165, 1.54) is 44.9 Å². The lowest BCUT2D eigenvalue weighted by Crippen LogP contribution is -2.25. The molecule has 0 saturated carbocycles. The number of ether oxygens (including phenoxy) is 1. The Balaban J connectivity index is 3.27. The number of unbranched alkanes of at least 4 members (excludes halogenated alkanes) is 11. The summed E-state index contributed by atoms with van der Waals surface area (Å²) in [6.07, 6.45) is 18.9. The van der Waals surface area contributed by atoms with Crippen molar-refractivity contribution < 1.29 is 24.9 Å². The lowest BCUT2D eigenvalue weighted by atomic mass is 10.1. The number of aliphatic hydroxyl groups is 3. The monoisotopic (exact) mass is 372 g/mol. The number of carbonyl (C=O) groups excluding carboxylic acids is 1. The van der Waals surface area contributed by atoms with Crippen LogP contribution in [0.25, 0.3) is 0 Å². The number of hydrogen-bond acceptors (Lipinski definition) is 5. The number of rotatable bonds is 19. The molecule has 0 aliphatic rings. The first-order valence-electron chi connectivity index (χ1n) is 10.4. The molecule has 0 aliphatic carbocycles. The Morgan fingerprint density at radius 1 is 0.692 bits per heavy atom. The lowest BCUT2D eigenvalue weighted by Gasteiger charge is -2.12. The van der Waals surface area contributed by atoms with Gasteiger partial charge in [-0.15, -0.1) is 0 Å². The molecule has 0 bridgehead atoms. The number of hydrogen-bond donors (Lipinski definition) is 3. The highest BCUT2D eigenvalue weighted by Gasteiger charge is 2.11. The smallest absolute Gasteiger partial charge is 0.306 e. The van der Waals surface area contributed by atoms with Gasteiger partial charge in [0.25, 0.3) is 0 Å². The molecule has 0 fully saturated rings. The maximum Gasteiger partial charge on any atom is 0.306 e. The predicted octanol–water partition coefficient (Wildman–Crippen LogP) is 3.89. The van der Waals surface area contributed by atoms with Crippen LogP contribution < -0.4 is 0 Å². The van der Waals surface area contributed by atoms with Gasteiger partial charge in [-0.1, -0.05) is 57.1 Å². The Morgan fingerprint density at radius 3 is 1.65 bits per heavy atom. The van der Waals surface area contributed by atoms with Gasteiger partial charge < -0.3 is 20.1 Å². The van der Waals surface area contributed by atoms with E-state index in [4.69, 9.17) is 20.1 Å². The minimum atomic E-state index is -0.777. The molecule has 3 N–H and O–H groups in total. The summed E-state index contributed by atoms with van der Waals surface area (Å²) in [4.78, 5) is 11.5. The van der Waals surface area contributed by atoms with Crippen LogP contribution in [-0.2, 0) is 9.53 Å². The van der Waals surface area contributed by atoms with Crippen molar-refractivity contribution in [2.45, 2.75) is 96.0 Å². The molecule has 26 heavy (non-hydrogen) atoms. The normalized spacial score (nSPS) is 11.5. The van der Waals surface area contributed by atoms with Gasteiger partial charge in [0.15, 0.2) is 0 Å². The second kappa shape index (κ2) is 20.4. The van der Waals surface area contributed by atoms with Crippen molar-refractivity contribution in [1.29, 1.82) is 0 Å². The maximum absolute atomic E-state index is 11.5. The molecule has 0 atom stereocenters. The molecule has 5 nitrogen and oxygen atoms in total. The van der Waals surface area contributed by atoms with Crippen molar-refractivity contribution in [3.63, 3.8) is 0 Å². The van der Waals surface area contributed by atoms with E-state index in [-0.39, 0.29) is 19.2 Å². The molecule has 0 aliphatic heterocycles. The minimum absolute atomic E-state index is 0.324. The van der Waals surface area contributed by atoms with E-state index in [1.807, 2.05) is 0 Å². The van der Waals surface area contributed by atoms with Gasteiger partial charge in [0.2, 0.25) is 0 Å². The maximum atomic E-state index is 11.5. The van der Waals surface area contributed by atoms with Crippen LogP contribution in [0.2, 0.25) is 0 Å². The van der Waals surface area contributed by atoms with Gasteiger partial charge in [-0.2, -0.15) is 0 Å². The average molecular weight is 373 g/mol. The molecule has 0 amide bonds. The summed E-state index contributed by atoms with van der Waals surface area (Å²) < 4.78 is 4.91. The number of esters is 1. The highest BCUT2D eigenvalue weighted by molar-refractivity contribution is 5.69. The fourth-order valence-electron chi connectivity index (χ4n) is 2.76. The Labute approximate surface area is 159 Å². The number of carbonyl (C=O) groups is 1. The van der Waals surface area contributed by atoms with Crippen molar-refractivity contribution in [2.24, 2.45) is 0 Å². The third-order valence-corrected chi connectivity index (χ3v) is 4.40. The molecule has 0 radical (unpaired) electrons. The second-order valence-electron chi connectivity index (χ2n) is 6.89. The van der Waals surface area contributed by atoms with Crippen LogP contribution in [0.15, 0.2) is 12.2 Å². The molecule has 0 heterocycles. The molecule has 0 aromatic carbocycles. The predicted molar refractivity (Wildman–Crippen MR) is 105 cm³/mol. The second-order valence-corrected chi connectivity index (χ2v) is 6.89. The highest BCUT2D eigenvalue weighted by Crippen LogP contribution is 2.10. The third kappa shape index (κ3) is 17.9. The zero-order chi connectivity index (χ0) is 19.3. The van der Waals surface area contributed by atoms with Gasteiger partial charge in [-0.05, 0) is 38.5 Å². The number of allylic oxidation sites excluding steroid dienone is 2. The Kier molecular flexibility index (Phi) is 19.7. The van der Waals surface area contributed by atoms with Gasteiger partial charge in [-0.25, -0.2) is 0 Å². The summed E-state index contributed by atoms with van der Waals surface area (Å²) in [7, 11) is 0. The van der Waals surface area contributed by atoms with Crippen molar-refractivity contribution >= 4 is 5.97 Å². The average Bonchev–Trinajstić information content (AvgIpc) is 2.65. The standard InChI is InChI=1S/C21H40O5/c22-17-15-13-11-9-7-5-3-1-2-4-6-8-10-12-14-16-21(25)26-20(18-23)19-24/h1-2,20,22-24H,3-19H2/b2-1-. The van der Waals surface area contributed by atoms with Crippen molar-refractivity contribution in [3.8, 4) is 0 Å². The fourth-order valence-corrected chi connectivity index (χ4v) is 2.76. The zero-order valence-electron chi connectivity index (χ0n) is 16.4. The Morgan fingerprint density at radius 2 is 1.15 bits per heavy atom. The van der Waals surface area contributed by atoms with Crippen LogP contribution in [0.1, 0.15) is 89.9 Å². The molecule has 0 spiro atoms. The summed E-state index contributed by atoms with van der Waals surface area (Å²) in [5.41, 5.74) is 0. The van der Waals surface area contributed by atoms with Crippen molar-refractivity contribution in [2.75, 3.05) is 19.8 Å². The molecule has 0 aromatic heterocycles. The SMILES string of the molecule is O=C(CCCCCCC/C=C\CCCCCCCCO)OC(CO)CO. The molecule has 5 heteroatoms.